The Balaban J connectivity index is 1.15. The number of rotatable bonds is 6. The number of fused-ring (bicyclic) bond motifs is 2. The van der Waals surface area contributed by atoms with Gasteiger partial charge >= 0.3 is 0 Å². The third-order valence-corrected chi connectivity index (χ3v) is 14.7. The summed E-state index contributed by atoms with van der Waals surface area (Å²) >= 11 is 0. The van der Waals surface area contributed by atoms with E-state index in [9.17, 15) is 10.5 Å². The van der Waals surface area contributed by atoms with E-state index in [1.54, 1.807) is 12.1 Å². The van der Waals surface area contributed by atoms with Crippen molar-refractivity contribution in [2.75, 3.05) is 0 Å². The predicted octanol–water partition coefficient (Wildman–Crippen LogP) is 11.7. The lowest BCUT2D eigenvalue weighted by molar-refractivity contribution is -0.141. The Bertz CT molecular complexity index is 2300. The number of nitriles is 2. The molecule has 274 valence electrons. The summed E-state index contributed by atoms with van der Waals surface area (Å²) in [5.41, 5.74) is 9.34. The number of aromatic nitrogens is 3. The minimum absolute atomic E-state index is 0.110. The average Bonchev–Trinajstić information content (AvgIpc) is 3.18. The van der Waals surface area contributed by atoms with Crippen molar-refractivity contribution in [3.05, 3.63) is 113 Å². The molecule has 5 aromatic rings. The maximum absolute atomic E-state index is 9.76. The zero-order valence-corrected chi connectivity index (χ0v) is 32.3. The molecule has 5 aliphatic rings. The number of hydrogen-bond acceptors (Lipinski definition) is 5. The molecule has 5 nitrogen and oxygen atoms in total. The minimum Gasteiger partial charge on any atom is -0.208 e. The van der Waals surface area contributed by atoms with Crippen LogP contribution in [-0.2, 0) is 10.8 Å². The van der Waals surface area contributed by atoms with E-state index < -0.39 is 0 Å². The Morgan fingerprint density at radius 2 is 1.05 bits per heavy atom. The van der Waals surface area contributed by atoms with Crippen molar-refractivity contribution in [2.24, 2.45) is 41.4 Å². The van der Waals surface area contributed by atoms with Crippen LogP contribution in [0.4, 0.5) is 0 Å². The quantitative estimate of drug-likeness (QED) is 0.174. The third kappa shape index (κ3) is 5.99. The SMILES string of the molecule is C[C@@H]1C[C@@H]2C[C@H](C)CC(c3cc(-c4cccc(C5(C)C[C@H]6CC7C[C@@H](C5)[C@H]76)c4)cc(-c4nc(-c5cccc(C#N)c5)nc(-c5cccc(C#N)c5)n4)c3)(C1)C2. The van der Waals surface area contributed by atoms with Gasteiger partial charge in [0.25, 0.3) is 0 Å². The number of benzene rings is 4. The summed E-state index contributed by atoms with van der Waals surface area (Å²) in [6, 6.07) is 36.2. The predicted molar refractivity (Wildman–Crippen MR) is 217 cm³/mol. The first kappa shape index (κ1) is 34.4. The van der Waals surface area contributed by atoms with Gasteiger partial charge in [0, 0.05) is 16.7 Å². The van der Waals surface area contributed by atoms with Crippen molar-refractivity contribution < 1.29 is 0 Å². The molecule has 55 heavy (non-hydrogen) atoms. The molecular weight excluding hydrogens is 671 g/mol. The molecule has 0 aliphatic heterocycles. The van der Waals surface area contributed by atoms with Crippen LogP contribution in [0.15, 0.2) is 91.0 Å². The molecular formula is C50H49N5. The van der Waals surface area contributed by atoms with Crippen LogP contribution in [-0.4, -0.2) is 15.0 Å². The fourth-order valence-electron chi connectivity index (χ4n) is 12.8. The van der Waals surface area contributed by atoms with Gasteiger partial charge < -0.3 is 0 Å². The zero-order chi connectivity index (χ0) is 37.5. The highest BCUT2D eigenvalue weighted by atomic mass is 15.0. The summed E-state index contributed by atoms with van der Waals surface area (Å²) in [6.45, 7) is 7.46. The van der Waals surface area contributed by atoms with E-state index in [0.717, 1.165) is 46.3 Å². The molecule has 0 amide bonds. The van der Waals surface area contributed by atoms with Crippen LogP contribution >= 0.6 is 0 Å². The monoisotopic (exact) mass is 719 g/mol. The molecule has 0 radical (unpaired) electrons. The van der Waals surface area contributed by atoms with Crippen molar-refractivity contribution >= 4 is 0 Å². The molecule has 10 rings (SSSR count). The molecule has 5 fully saturated rings. The van der Waals surface area contributed by atoms with Gasteiger partial charge in [-0.2, -0.15) is 10.5 Å². The van der Waals surface area contributed by atoms with Crippen LogP contribution in [0.2, 0.25) is 0 Å². The second-order valence-corrected chi connectivity index (χ2v) is 18.8. The molecule has 3 unspecified atom stereocenters. The smallest absolute Gasteiger partial charge is 0.164 e. The summed E-state index contributed by atoms with van der Waals surface area (Å²) < 4.78 is 0. The van der Waals surface area contributed by atoms with E-state index in [0.29, 0.717) is 40.4 Å². The van der Waals surface area contributed by atoms with Gasteiger partial charge in [0.05, 0.1) is 23.3 Å². The minimum atomic E-state index is 0.110. The first-order valence-electron chi connectivity index (χ1n) is 20.7. The van der Waals surface area contributed by atoms with Crippen LogP contribution in [0.5, 0.6) is 0 Å². The first-order chi connectivity index (χ1) is 26.7. The van der Waals surface area contributed by atoms with E-state index in [2.05, 4.69) is 75.4 Å². The van der Waals surface area contributed by atoms with E-state index in [1.807, 2.05) is 36.4 Å². The van der Waals surface area contributed by atoms with E-state index in [4.69, 9.17) is 15.0 Å². The molecule has 1 heterocycles. The number of hydrogen-bond donors (Lipinski definition) is 0. The van der Waals surface area contributed by atoms with Crippen LogP contribution < -0.4 is 0 Å². The van der Waals surface area contributed by atoms with Crippen LogP contribution in [0.3, 0.4) is 0 Å². The Labute approximate surface area is 325 Å². The summed E-state index contributed by atoms with van der Waals surface area (Å²) in [5.74, 6) is 7.62. The molecule has 1 aromatic heterocycles. The van der Waals surface area contributed by atoms with Crippen molar-refractivity contribution in [1.82, 2.24) is 15.0 Å². The van der Waals surface area contributed by atoms with Gasteiger partial charge in [-0.05, 0) is 169 Å². The van der Waals surface area contributed by atoms with Crippen LogP contribution in [0.25, 0.3) is 45.3 Å². The van der Waals surface area contributed by atoms with E-state index >= 15 is 0 Å². The number of nitrogens with zero attached hydrogens (tertiary/aromatic N) is 5. The Kier molecular flexibility index (Phi) is 8.11. The maximum Gasteiger partial charge on any atom is 0.164 e. The normalized spacial score (nSPS) is 31.5. The summed E-state index contributed by atoms with van der Waals surface area (Å²) in [6.07, 6.45) is 11.8. The van der Waals surface area contributed by atoms with Gasteiger partial charge in [-0.1, -0.05) is 75.4 Å². The fraction of sp³-hybridized carbons (Fsp3) is 0.420. The highest BCUT2D eigenvalue weighted by Gasteiger charge is 2.59. The molecule has 5 heteroatoms. The zero-order valence-electron chi connectivity index (χ0n) is 32.3. The lowest BCUT2D eigenvalue weighted by Crippen LogP contribution is -2.58. The highest BCUT2D eigenvalue weighted by molar-refractivity contribution is 5.75. The van der Waals surface area contributed by atoms with Crippen LogP contribution in [0.1, 0.15) is 101 Å². The molecule has 9 atom stereocenters. The molecule has 0 N–H and O–H groups in total. The van der Waals surface area contributed by atoms with Gasteiger partial charge in [0.15, 0.2) is 17.5 Å². The second-order valence-electron chi connectivity index (χ2n) is 18.8. The second kappa shape index (κ2) is 13.0. The molecule has 5 saturated carbocycles. The molecule has 5 aliphatic carbocycles. The molecule has 0 saturated heterocycles. The van der Waals surface area contributed by atoms with E-state index in [1.165, 1.54) is 80.0 Å². The Morgan fingerprint density at radius 3 is 1.64 bits per heavy atom. The molecule has 2 bridgehead atoms. The summed E-state index contributed by atoms with van der Waals surface area (Å²) in [5, 5.41) is 19.5. The largest absolute Gasteiger partial charge is 0.208 e. The standard InChI is InChI=1S/C50H49N5/c1-30-13-34-14-31(2)24-50(23-30,25-34)44-21-38(35-9-6-12-43(20-35)49(3)26-41-18-39-19-42(27-49)45(39)41)17-40(22-44)48-54-46(36-10-4-7-32(15-36)28-51)53-47(55-48)37-11-5-8-33(16-37)29-52/h4-12,15-17,20-22,30-31,34,39,41-42,45H,13-14,18-19,23-27H2,1-3H3/t30-,31+,34-,39?,41-,42+,45-,49?,50?. The lowest BCUT2D eigenvalue weighted by Gasteiger charge is -2.65. The van der Waals surface area contributed by atoms with Crippen molar-refractivity contribution in [3.63, 3.8) is 0 Å². The molecule has 0 spiro atoms. The Morgan fingerprint density at radius 1 is 0.527 bits per heavy atom. The topological polar surface area (TPSA) is 86.2 Å². The van der Waals surface area contributed by atoms with Crippen molar-refractivity contribution in [2.45, 2.75) is 89.4 Å². The first-order valence-corrected chi connectivity index (χ1v) is 20.7. The maximum atomic E-state index is 9.76. The Hall–Kier alpha value is -5.13. The highest BCUT2D eigenvalue weighted by Crippen LogP contribution is 2.67. The third-order valence-electron chi connectivity index (χ3n) is 14.7. The average molecular weight is 720 g/mol. The molecule has 4 aromatic carbocycles. The van der Waals surface area contributed by atoms with Gasteiger partial charge in [0.2, 0.25) is 0 Å². The lowest BCUT2D eigenvalue weighted by atomic mass is 9.39. The summed E-state index contributed by atoms with van der Waals surface area (Å²) in [7, 11) is 0. The van der Waals surface area contributed by atoms with Gasteiger partial charge in [0.1, 0.15) is 0 Å². The van der Waals surface area contributed by atoms with Gasteiger partial charge in [-0.3, -0.25) is 0 Å². The van der Waals surface area contributed by atoms with Crippen LogP contribution in [0, 0.1) is 64.1 Å². The van der Waals surface area contributed by atoms with Gasteiger partial charge in [-0.25, -0.2) is 15.0 Å². The summed E-state index contributed by atoms with van der Waals surface area (Å²) in [4.78, 5) is 15.3. The van der Waals surface area contributed by atoms with Crippen molar-refractivity contribution in [3.8, 4) is 57.4 Å². The van der Waals surface area contributed by atoms with Gasteiger partial charge in [-0.15, -0.1) is 0 Å². The fourth-order valence-corrected chi connectivity index (χ4v) is 12.8. The van der Waals surface area contributed by atoms with Crippen molar-refractivity contribution in [1.29, 1.82) is 10.5 Å². The van der Waals surface area contributed by atoms with E-state index in [-0.39, 0.29) is 10.8 Å².